The monoisotopic (exact) mass is 220 g/mol. The summed E-state index contributed by atoms with van der Waals surface area (Å²) >= 11 is 0. The van der Waals surface area contributed by atoms with Crippen molar-refractivity contribution in [1.29, 1.82) is 0 Å². The van der Waals surface area contributed by atoms with Crippen LogP contribution in [-0.4, -0.2) is 12.9 Å². The van der Waals surface area contributed by atoms with Crippen LogP contribution in [0.5, 0.6) is 0 Å². The Balaban J connectivity index is 2.76. The molecule has 0 aromatic heterocycles. The first-order chi connectivity index (χ1) is 7.68. The lowest BCUT2D eigenvalue weighted by Gasteiger charge is -2.26. The van der Waals surface area contributed by atoms with Crippen molar-refractivity contribution in [2.45, 2.75) is 32.1 Å². The number of carbonyl (C=O) groups excluding carboxylic acids is 1. The summed E-state index contributed by atoms with van der Waals surface area (Å²) in [5, 5.41) is 0. The molecule has 0 aromatic rings. The van der Waals surface area contributed by atoms with Crippen LogP contribution in [0.2, 0.25) is 0 Å². The third kappa shape index (κ3) is 2.63. The Morgan fingerprint density at radius 2 is 1.94 bits per heavy atom. The van der Waals surface area contributed by atoms with Crippen molar-refractivity contribution < 1.29 is 9.53 Å². The van der Waals surface area contributed by atoms with Gasteiger partial charge in [-0.2, -0.15) is 0 Å². The molecule has 0 aliphatic heterocycles. The van der Waals surface area contributed by atoms with Crippen LogP contribution in [0, 0.1) is 5.41 Å². The van der Waals surface area contributed by atoms with Crippen molar-refractivity contribution in [2.75, 3.05) is 7.11 Å². The zero-order valence-electron chi connectivity index (χ0n) is 10.00. The van der Waals surface area contributed by atoms with Crippen molar-refractivity contribution in [3.8, 4) is 0 Å². The first-order valence-corrected chi connectivity index (χ1v) is 5.69. The molecule has 0 amide bonds. The van der Waals surface area contributed by atoms with Crippen molar-refractivity contribution in [1.82, 2.24) is 0 Å². The SMILES string of the molecule is C=CCCC1(CCC=C)CC(OC)=CC1=O. The van der Waals surface area contributed by atoms with E-state index in [1.54, 1.807) is 13.2 Å². The predicted octanol–water partition coefficient (Wildman–Crippen LogP) is 3.41. The van der Waals surface area contributed by atoms with E-state index in [1.807, 2.05) is 12.2 Å². The van der Waals surface area contributed by atoms with Crippen molar-refractivity contribution in [2.24, 2.45) is 5.41 Å². The Kier molecular flexibility index (Phi) is 4.53. The molecule has 2 heteroatoms. The summed E-state index contributed by atoms with van der Waals surface area (Å²) in [6, 6.07) is 0. The molecule has 0 bridgehead atoms. The predicted molar refractivity (Wildman–Crippen MR) is 66.0 cm³/mol. The zero-order chi connectivity index (χ0) is 12.0. The summed E-state index contributed by atoms with van der Waals surface area (Å²) in [5.74, 6) is 1.01. The van der Waals surface area contributed by atoms with Crippen LogP contribution in [-0.2, 0) is 9.53 Å². The molecule has 0 fully saturated rings. The Bertz CT molecular complexity index is 301. The van der Waals surface area contributed by atoms with Crippen LogP contribution in [0.4, 0.5) is 0 Å². The third-order valence-electron chi connectivity index (χ3n) is 3.24. The molecule has 0 heterocycles. The van der Waals surface area contributed by atoms with Gasteiger partial charge in [-0.25, -0.2) is 0 Å². The van der Waals surface area contributed by atoms with E-state index in [0.29, 0.717) is 0 Å². The van der Waals surface area contributed by atoms with Crippen LogP contribution in [0.25, 0.3) is 0 Å². The molecule has 16 heavy (non-hydrogen) atoms. The van der Waals surface area contributed by atoms with Gasteiger partial charge in [-0.05, 0) is 25.7 Å². The second-order valence-corrected chi connectivity index (χ2v) is 4.29. The molecule has 1 aliphatic rings. The Hall–Kier alpha value is -1.31. The summed E-state index contributed by atoms with van der Waals surface area (Å²) in [4.78, 5) is 12.1. The van der Waals surface area contributed by atoms with Crippen LogP contribution in [0.15, 0.2) is 37.1 Å². The highest BCUT2D eigenvalue weighted by molar-refractivity contribution is 5.97. The maximum Gasteiger partial charge on any atom is 0.165 e. The quantitative estimate of drug-likeness (QED) is 0.615. The van der Waals surface area contributed by atoms with Gasteiger partial charge in [0.05, 0.1) is 7.11 Å². The molecule has 0 saturated heterocycles. The van der Waals surface area contributed by atoms with Gasteiger partial charge in [-0.1, -0.05) is 12.2 Å². The van der Waals surface area contributed by atoms with E-state index in [1.165, 1.54) is 0 Å². The molecule has 88 valence electrons. The van der Waals surface area contributed by atoms with Crippen LogP contribution in [0.3, 0.4) is 0 Å². The molecule has 0 aromatic carbocycles. The normalized spacial score (nSPS) is 18.1. The van der Waals surface area contributed by atoms with Crippen LogP contribution < -0.4 is 0 Å². The smallest absolute Gasteiger partial charge is 0.165 e. The number of hydrogen-bond acceptors (Lipinski definition) is 2. The maximum atomic E-state index is 12.1. The highest BCUT2D eigenvalue weighted by atomic mass is 16.5. The second kappa shape index (κ2) is 5.69. The number of ether oxygens (including phenoxy) is 1. The number of ketones is 1. The molecule has 0 spiro atoms. The molecule has 0 atom stereocenters. The van der Waals surface area contributed by atoms with E-state index in [2.05, 4.69) is 13.2 Å². The van der Waals surface area contributed by atoms with E-state index in [9.17, 15) is 4.79 Å². The fourth-order valence-corrected chi connectivity index (χ4v) is 2.21. The molecule has 0 saturated carbocycles. The molecule has 1 aliphatic carbocycles. The average molecular weight is 220 g/mol. The minimum absolute atomic E-state index is 0.202. The second-order valence-electron chi connectivity index (χ2n) is 4.29. The summed E-state index contributed by atoms with van der Waals surface area (Å²) in [6.45, 7) is 7.44. The lowest BCUT2D eigenvalue weighted by Crippen LogP contribution is -2.26. The van der Waals surface area contributed by atoms with Gasteiger partial charge in [-0.15, -0.1) is 13.2 Å². The molecular formula is C14H20O2. The number of rotatable bonds is 7. The third-order valence-corrected chi connectivity index (χ3v) is 3.24. The minimum atomic E-state index is -0.270. The van der Waals surface area contributed by atoms with E-state index in [4.69, 9.17) is 4.74 Å². The van der Waals surface area contributed by atoms with E-state index >= 15 is 0 Å². The van der Waals surface area contributed by atoms with E-state index in [-0.39, 0.29) is 11.2 Å². The summed E-state index contributed by atoms with van der Waals surface area (Å²) in [7, 11) is 1.62. The number of allylic oxidation sites excluding steroid dienone is 4. The standard InChI is InChI=1S/C14H20O2/c1-4-6-8-14(9-7-5-2)11-12(16-3)10-13(14)15/h4-5,10H,1-2,6-9,11H2,3H3. The minimum Gasteiger partial charge on any atom is -0.501 e. The summed E-state index contributed by atoms with van der Waals surface area (Å²) in [5.41, 5.74) is -0.270. The topological polar surface area (TPSA) is 26.3 Å². The number of methoxy groups -OCH3 is 1. The van der Waals surface area contributed by atoms with Gasteiger partial charge in [0.2, 0.25) is 0 Å². The van der Waals surface area contributed by atoms with Crippen molar-refractivity contribution >= 4 is 5.78 Å². The molecule has 2 nitrogen and oxygen atoms in total. The molecular weight excluding hydrogens is 200 g/mol. The highest BCUT2D eigenvalue weighted by Gasteiger charge is 2.41. The molecule has 0 N–H and O–H groups in total. The molecule has 0 radical (unpaired) electrons. The lowest BCUT2D eigenvalue weighted by atomic mass is 9.76. The van der Waals surface area contributed by atoms with Gasteiger partial charge in [0, 0.05) is 17.9 Å². The van der Waals surface area contributed by atoms with Crippen molar-refractivity contribution in [3.63, 3.8) is 0 Å². The first kappa shape index (κ1) is 12.8. The van der Waals surface area contributed by atoms with Crippen molar-refractivity contribution in [3.05, 3.63) is 37.1 Å². The van der Waals surface area contributed by atoms with Crippen LogP contribution in [0.1, 0.15) is 32.1 Å². The van der Waals surface area contributed by atoms with E-state index < -0.39 is 0 Å². The summed E-state index contributed by atoms with van der Waals surface area (Å²) < 4.78 is 5.19. The van der Waals surface area contributed by atoms with Gasteiger partial charge in [-0.3, -0.25) is 4.79 Å². The highest BCUT2D eigenvalue weighted by Crippen LogP contribution is 2.42. The Morgan fingerprint density at radius 1 is 1.38 bits per heavy atom. The fraction of sp³-hybridized carbons (Fsp3) is 0.500. The van der Waals surface area contributed by atoms with E-state index in [0.717, 1.165) is 37.9 Å². The molecule has 0 unspecified atom stereocenters. The van der Waals surface area contributed by atoms with Gasteiger partial charge in [0.15, 0.2) is 5.78 Å². The Morgan fingerprint density at radius 3 is 2.31 bits per heavy atom. The first-order valence-electron chi connectivity index (χ1n) is 5.69. The van der Waals surface area contributed by atoms with Gasteiger partial charge >= 0.3 is 0 Å². The van der Waals surface area contributed by atoms with Gasteiger partial charge < -0.3 is 4.74 Å². The number of carbonyl (C=O) groups is 1. The lowest BCUT2D eigenvalue weighted by molar-refractivity contribution is -0.123. The average Bonchev–Trinajstić information content (AvgIpc) is 2.61. The largest absolute Gasteiger partial charge is 0.501 e. The Labute approximate surface area is 97.7 Å². The molecule has 1 rings (SSSR count). The zero-order valence-corrected chi connectivity index (χ0v) is 10.00. The maximum absolute atomic E-state index is 12.1. The fourth-order valence-electron chi connectivity index (χ4n) is 2.21. The van der Waals surface area contributed by atoms with Crippen LogP contribution >= 0.6 is 0 Å². The number of hydrogen-bond donors (Lipinski definition) is 0. The van der Waals surface area contributed by atoms with Gasteiger partial charge in [0.1, 0.15) is 5.76 Å². The summed E-state index contributed by atoms with van der Waals surface area (Å²) in [6.07, 6.45) is 9.55. The van der Waals surface area contributed by atoms with Gasteiger partial charge in [0.25, 0.3) is 0 Å².